The third-order valence-electron chi connectivity index (χ3n) is 3.84. The van der Waals surface area contributed by atoms with Crippen LogP contribution in [0, 0.1) is 5.92 Å². The maximum absolute atomic E-state index is 12.3. The largest absolute Gasteiger partial charge is 0.444 e. The van der Waals surface area contributed by atoms with E-state index in [4.69, 9.17) is 9.84 Å². The predicted molar refractivity (Wildman–Crippen MR) is 80.7 cm³/mol. The van der Waals surface area contributed by atoms with Crippen LogP contribution in [0.4, 0.5) is 4.79 Å². The number of carbonyl (C=O) groups excluding carboxylic acids is 1. The normalized spacial score (nSPS) is 22.1. The van der Waals surface area contributed by atoms with Gasteiger partial charge in [-0.25, -0.2) is 4.79 Å². The van der Waals surface area contributed by atoms with Crippen molar-refractivity contribution in [2.24, 2.45) is 5.92 Å². The molecule has 0 bridgehead atoms. The zero-order valence-corrected chi connectivity index (χ0v) is 13.7. The van der Waals surface area contributed by atoms with Crippen molar-refractivity contribution in [3.8, 4) is 0 Å². The first-order valence-electron chi connectivity index (χ1n) is 7.77. The summed E-state index contributed by atoms with van der Waals surface area (Å²) in [6.07, 6.45) is 5.05. The van der Waals surface area contributed by atoms with Crippen molar-refractivity contribution in [3.63, 3.8) is 0 Å². The summed E-state index contributed by atoms with van der Waals surface area (Å²) in [7, 11) is 0. The van der Waals surface area contributed by atoms with Crippen molar-refractivity contribution in [2.75, 3.05) is 13.2 Å². The van der Waals surface area contributed by atoms with Gasteiger partial charge in [-0.1, -0.05) is 12.8 Å². The van der Waals surface area contributed by atoms with Crippen LogP contribution < -0.4 is 0 Å². The smallest absolute Gasteiger partial charge is 0.410 e. The van der Waals surface area contributed by atoms with Crippen molar-refractivity contribution in [1.29, 1.82) is 0 Å². The Morgan fingerprint density at radius 2 is 1.95 bits per heavy atom. The Labute approximate surface area is 123 Å². The van der Waals surface area contributed by atoms with Gasteiger partial charge in [0.2, 0.25) is 0 Å². The van der Waals surface area contributed by atoms with Gasteiger partial charge in [-0.3, -0.25) is 0 Å². The number of unbranched alkanes of at least 4 members (excludes halogenated alkanes) is 2. The summed E-state index contributed by atoms with van der Waals surface area (Å²) < 4.78 is 5.50. The van der Waals surface area contributed by atoms with E-state index in [2.05, 4.69) is 13.8 Å². The third kappa shape index (κ3) is 5.31. The minimum Gasteiger partial charge on any atom is -0.444 e. The molecule has 20 heavy (non-hydrogen) atoms. The molecule has 0 radical (unpaired) electrons. The maximum atomic E-state index is 12.3. The molecule has 1 N–H and O–H groups in total. The van der Waals surface area contributed by atoms with E-state index in [1.54, 1.807) is 0 Å². The van der Waals surface area contributed by atoms with Gasteiger partial charge in [-0.2, -0.15) is 0 Å². The second-order valence-corrected chi connectivity index (χ2v) is 7.55. The Hall–Kier alpha value is -0.770. The van der Waals surface area contributed by atoms with Crippen molar-refractivity contribution in [1.82, 2.24) is 4.90 Å². The Morgan fingerprint density at radius 3 is 2.50 bits per heavy atom. The summed E-state index contributed by atoms with van der Waals surface area (Å²) in [4.78, 5) is 14.2. The third-order valence-corrected chi connectivity index (χ3v) is 3.84. The first kappa shape index (κ1) is 17.3. The number of hydrogen-bond acceptors (Lipinski definition) is 3. The summed E-state index contributed by atoms with van der Waals surface area (Å²) in [5, 5.41) is 8.79. The molecular weight excluding hydrogens is 254 g/mol. The van der Waals surface area contributed by atoms with E-state index in [1.807, 2.05) is 25.7 Å². The SMILES string of the molecule is CC(C)(C)OC(=O)N1CC(CCCCCO)CC1(C)C. The van der Waals surface area contributed by atoms with Crippen LogP contribution in [-0.4, -0.2) is 40.4 Å². The molecular formula is C16H31NO3. The molecule has 4 nitrogen and oxygen atoms in total. The molecule has 1 saturated heterocycles. The molecule has 1 heterocycles. The van der Waals surface area contributed by atoms with Crippen LogP contribution in [0.1, 0.15) is 66.7 Å². The molecule has 0 saturated carbocycles. The Bertz CT molecular complexity index is 320. The highest BCUT2D eigenvalue weighted by atomic mass is 16.6. The number of aliphatic hydroxyl groups excluding tert-OH is 1. The molecule has 1 aliphatic rings. The van der Waals surface area contributed by atoms with E-state index in [0.717, 1.165) is 38.6 Å². The number of aliphatic hydroxyl groups is 1. The van der Waals surface area contributed by atoms with Crippen LogP contribution >= 0.6 is 0 Å². The summed E-state index contributed by atoms with van der Waals surface area (Å²) in [6.45, 7) is 11.0. The lowest BCUT2D eigenvalue weighted by Gasteiger charge is -2.33. The monoisotopic (exact) mass is 285 g/mol. The summed E-state index contributed by atoms with van der Waals surface area (Å²) in [5.74, 6) is 0.552. The standard InChI is InChI=1S/C16H31NO3/c1-15(2,3)20-14(19)17-12-13(11-16(17,4)5)9-7-6-8-10-18/h13,18H,6-12H2,1-5H3. The highest BCUT2D eigenvalue weighted by Gasteiger charge is 2.42. The van der Waals surface area contributed by atoms with Crippen molar-refractivity contribution in [2.45, 2.75) is 77.9 Å². The van der Waals surface area contributed by atoms with Gasteiger partial charge in [0.25, 0.3) is 0 Å². The molecule has 1 fully saturated rings. The predicted octanol–water partition coefficient (Wildman–Crippen LogP) is 3.57. The van der Waals surface area contributed by atoms with E-state index < -0.39 is 5.60 Å². The fourth-order valence-electron chi connectivity index (χ4n) is 2.94. The van der Waals surface area contributed by atoms with Gasteiger partial charge in [0, 0.05) is 18.7 Å². The van der Waals surface area contributed by atoms with Gasteiger partial charge >= 0.3 is 6.09 Å². The molecule has 1 unspecified atom stereocenters. The minimum atomic E-state index is -0.438. The number of likely N-dealkylation sites (tertiary alicyclic amines) is 1. The molecule has 0 aromatic heterocycles. The van der Waals surface area contributed by atoms with E-state index in [0.29, 0.717) is 5.92 Å². The number of nitrogens with zero attached hydrogens (tertiary/aromatic N) is 1. The molecule has 0 aromatic rings. The van der Waals surface area contributed by atoms with E-state index in [9.17, 15) is 4.79 Å². The number of ether oxygens (including phenoxy) is 1. The van der Waals surface area contributed by atoms with Crippen molar-refractivity contribution in [3.05, 3.63) is 0 Å². The Morgan fingerprint density at radius 1 is 1.30 bits per heavy atom. The van der Waals surface area contributed by atoms with Gasteiger partial charge < -0.3 is 14.7 Å². The molecule has 1 atom stereocenters. The van der Waals surface area contributed by atoms with Gasteiger partial charge in [0.1, 0.15) is 5.60 Å². The number of rotatable bonds is 5. The minimum absolute atomic E-state index is 0.121. The van der Waals surface area contributed by atoms with Gasteiger partial charge in [-0.05, 0) is 59.8 Å². The second kappa shape index (κ2) is 6.79. The summed E-state index contributed by atoms with van der Waals surface area (Å²) >= 11 is 0. The van der Waals surface area contributed by atoms with Gasteiger partial charge in [-0.15, -0.1) is 0 Å². The van der Waals surface area contributed by atoms with Crippen molar-refractivity contribution < 1.29 is 14.6 Å². The quantitative estimate of drug-likeness (QED) is 0.786. The second-order valence-electron chi connectivity index (χ2n) is 7.55. The van der Waals surface area contributed by atoms with Gasteiger partial charge in [0.15, 0.2) is 0 Å². The summed E-state index contributed by atoms with van der Waals surface area (Å²) in [6, 6.07) is 0. The fourth-order valence-corrected chi connectivity index (χ4v) is 2.94. The van der Waals surface area contributed by atoms with Crippen molar-refractivity contribution >= 4 is 6.09 Å². The van der Waals surface area contributed by atoms with Gasteiger partial charge in [0.05, 0.1) is 0 Å². The molecule has 0 aliphatic carbocycles. The highest BCUT2D eigenvalue weighted by molar-refractivity contribution is 5.69. The average molecular weight is 285 g/mol. The van der Waals surface area contributed by atoms with E-state index in [1.165, 1.54) is 0 Å². The molecule has 1 aliphatic heterocycles. The Kier molecular flexibility index (Phi) is 5.87. The molecule has 1 rings (SSSR count). The van der Waals surface area contributed by atoms with Crippen LogP contribution in [0.15, 0.2) is 0 Å². The average Bonchev–Trinajstić information content (AvgIpc) is 2.58. The zero-order valence-electron chi connectivity index (χ0n) is 13.7. The molecule has 118 valence electrons. The molecule has 4 heteroatoms. The van der Waals surface area contributed by atoms with Crippen LogP contribution in [0.3, 0.4) is 0 Å². The van der Waals surface area contributed by atoms with E-state index in [-0.39, 0.29) is 18.2 Å². The summed E-state index contributed by atoms with van der Waals surface area (Å²) in [5.41, 5.74) is -0.559. The highest BCUT2D eigenvalue weighted by Crippen LogP contribution is 2.36. The number of amides is 1. The van der Waals surface area contributed by atoms with Crippen LogP contribution in [-0.2, 0) is 4.74 Å². The molecule has 1 amide bonds. The fraction of sp³-hybridized carbons (Fsp3) is 0.938. The Balaban J connectivity index is 2.50. The first-order valence-corrected chi connectivity index (χ1v) is 7.77. The first-order chi connectivity index (χ1) is 9.15. The van der Waals surface area contributed by atoms with Crippen LogP contribution in [0.5, 0.6) is 0 Å². The topological polar surface area (TPSA) is 49.8 Å². The number of hydrogen-bond donors (Lipinski definition) is 1. The molecule has 0 aromatic carbocycles. The van der Waals surface area contributed by atoms with E-state index >= 15 is 0 Å². The maximum Gasteiger partial charge on any atom is 0.410 e. The number of carbonyl (C=O) groups is 1. The van der Waals surface area contributed by atoms with Crippen LogP contribution in [0.25, 0.3) is 0 Å². The zero-order chi connectivity index (χ0) is 15.4. The lowest BCUT2D eigenvalue weighted by molar-refractivity contribution is 0.0131. The lowest BCUT2D eigenvalue weighted by Crippen LogP contribution is -2.45. The van der Waals surface area contributed by atoms with Crippen LogP contribution in [0.2, 0.25) is 0 Å². The lowest BCUT2D eigenvalue weighted by atomic mass is 9.93. The molecule has 0 spiro atoms.